The first-order valence-corrected chi connectivity index (χ1v) is 7.23. The number of amidine groups is 1. The van der Waals surface area contributed by atoms with Gasteiger partial charge < -0.3 is 10.6 Å². The van der Waals surface area contributed by atoms with Crippen molar-refractivity contribution in [2.45, 2.75) is 38.6 Å². The Labute approximate surface area is 120 Å². The molecule has 4 heteroatoms. The lowest BCUT2D eigenvalue weighted by molar-refractivity contribution is 0.336. The Kier molecular flexibility index (Phi) is 4.35. The van der Waals surface area contributed by atoms with Crippen LogP contribution in [0.5, 0.6) is 0 Å². The van der Waals surface area contributed by atoms with Gasteiger partial charge in [0.15, 0.2) is 0 Å². The first-order valence-electron chi connectivity index (χ1n) is 6.86. The normalized spacial score (nSPS) is 23.1. The zero-order valence-electron chi connectivity index (χ0n) is 11.6. The molecule has 0 bridgehead atoms. The molecule has 3 N–H and O–H groups in total. The lowest BCUT2D eigenvalue weighted by Gasteiger charge is -2.36. The van der Waals surface area contributed by atoms with Crippen molar-refractivity contribution in [3.05, 3.63) is 28.8 Å². The van der Waals surface area contributed by atoms with Gasteiger partial charge in [0, 0.05) is 29.4 Å². The van der Waals surface area contributed by atoms with E-state index in [2.05, 4.69) is 18.9 Å². The lowest BCUT2D eigenvalue weighted by atomic mass is 9.86. The molecule has 0 amide bonds. The molecular formula is C15H22ClN3. The van der Waals surface area contributed by atoms with E-state index < -0.39 is 0 Å². The Morgan fingerprint density at radius 3 is 2.79 bits per heavy atom. The van der Waals surface area contributed by atoms with Crippen LogP contribution in [0.25, 0.3) is 0 Å². The zero-order valence-corrected chi connectivity index (χ0v) is 12.4. The Bertz CT molecular complexity index is 472. The fraction of sp³-hybridized carbons (Fsp3) is 0.533. The number of hydrogen-bond acceptors (Lipinski definition) is 2. The zero-order chi connectivity index (χ0) is 14.0. The summed E-state index contributed by atoms with van der Waals surface area (Å²) in [5, 5.41) is 8.34. The van der Waals surface area contributed by atoms with E-state index in [1.165, 1.54) is 25.7 Å². The van der Waals surface area contributed by atoms with Gasteiger partial charge in [-0.15, -0.1) is 0 Å². The van der Waals surface area contributed by atoms with Crippen LogP contribution in [0.2, 0.25) is 5.02 Å². The standard InChI is InChI=1S/C15H22ClN3/c1-10-4-3-5-12(8-10)19(2)14-7-6-11(16)9-13(14)15(17)18/h6-7,9-10,12H,3-5,8H2,1-2H3,(H3,17,18). The second-order valence-electron chi connectivity index (χ2n) is 5.61. The minimum atomic E-state index is 0.0770. The van der Waals surface area contributed by atoms with E-state index in [-0.39, 0.29) is 5.84 Å². The third-order valence-electron chi connectivity index (χ3n) is 4.09. The Morgan fingerprint density at radius 2 is 2.16 bits per heavy atom. The number of nitrogens with one attached hydrogen (secondary N) is 1. The first kappa shape index (κ1) is 14.2. The van der Waals surface area contributed by atoms with E-state index >= 15 is 0 Å². The fourth-order valence-electron chi connectivity index (χ4n) is 2.98. The van der Waals surface area contributed by atoms with Crippen LogP contribution in [0.15, 0.2) is 18.2 Å². The largest absolute Gasteiger partial charge is 0.384 e. The summed E-state index contributed by atoms with van der Waals surface area (Å²) in [5.74, 6) is 0.850. The average molecular weight is 280 g/mol. The van der Waals surface area contributed by atoms with Crippen molar-refractivity contribution in [1.82, 2.24) is 0 Å². The summed E-state index contributed by atoms with van der Waals surface area (Å²) >= 11 is 6.00. The molecule has 1 saturated carbocycles. The Morgan fingerprint density at radius 1 is 1.42 bits per heavy atom. The van der Waals surface area contributed by atoms with Crippen molar-refractivity contribution in [2.75, 3.05) is 11.9 Å². The number of halogens is 1. The van der Waals surface area contributed by atoms with Gasteiger partial charge in [-0.1, -0.05) is 31.4 Å². The van der Waals surface area contributed by atoms with Gasteiger partial charge in [0.1, 0.15) is 5.84 Å². The van der Waals surface area contributed by atoms with E-state index in [1.807, 2.05) is 12.1 Å². The Balaban J connectivity index is 2.27. The number of nitrogen functional groups attached to an aromatic ring is 1. The molecule has 0 radical (unpaired) electrons. The second kappa shape index (κ2) is 5.83. The predicted molar refractivity (Wildman–Crippen MR) is 82.3 cm³/mol. The van der Waals surface area contributed by atoms with Crippen LogP contribution in [0, 0.1) is 11.3 Å². The average Bonchev–Trinajstić information content (AvgIpc) is 2.37. The molecule has 2 rings (SSSR count). The molecule has 104 valence electrons. The molecule has 1 aliphatic carbocycles. The van der Waals surface area contributed by atoms with Gasteiger partial charge in [0.25, 0.3) is 0 Å². The number of hydrogen-bond donors (Lipinski definition) is 2. The van der Waals surface area contributed by atoms with Crippen molar-refractivity contribution in [2.24, 2.45) is 11.7 Å². The summed E-state index contributed by atoms with van der Waals surface area (Å²) in [5.41, 5.74) is 7.42. The van der Waals surface area contributed by atoms with Crippen LogP contribution in [0.1, 0.15) is 38.2 Å². The van der Waals surface area contributed by atoms with Crippen LogP contribution >= 0.6 is 11.6 Å². The van der Waals surface area contributed by atoms with Crippen LogP contribution in [-0.4, -0.2) is 18.9 Å². The summed E-state index contributed by atoms with van der Waals surface area (Å²) in [7, 11) is 2.10. The van der Waals surface area contributed by atoms with Crippen molar-refractivity contribution < 1.29 is 0 Å². The maximum absolute atomic E-state index is 7.71. The lowest BCUT2D eigenvalue weighted by Crippen LogP contribution is -2.36. The quantitative estimate of drug-likeness (QED) is 0.656. The van der Waals surface area contributed by atoms with Gasteiger partial charge in [0.05, 0.1) is 0 Å². The SMILES string of the molecule is CC1CCCC(N(C)c2ccc(Cl)cc2C(=N)N)C1. The van der Waals surface area contributed by atoms with E-state index in [0.29, 0.717) is 11.1 Å². The highest BCUT2D eigenvalue weighted by Gasteiger charge is 2.24. The van der Waals surface area contributed by atoms with Crippen LogP contribution in [0.4, 0.5) is 5.69 Å². The topological polar surface area (TPSA) is 53.1 Å². The molecular weight excluding hydrogens is 258 g/mol. The molecule has 1 fully saturated rings. The summed E-state index contributed by atoms with van der Waals surface area (Å²) in [6, 6.07) is 6.15. The number of nitrogens with two attached hydrogens (primary N) is 1. The fourth-order valence-corrected chi connectivity index (χ4v) is 3.15. The summed E-state index contributed by atoms with van der Waals surface area (Å²) in [6.07, 6.45) is 5.01. The third kappa shape index (κ3) is 3.21. The molecule has 0 saturated heterocycles. The minimum Gasteiger partial charge on any atom is -0.384 e. The van der Waals surface area contributed by atoms with Gasteiger partial charge in [0.2, 0.25) is 0 Å². The molecule has 1 aromatic rings. The number of rotatable bonds is 3. The van der Waals surface area contributed by atoms with Crippen molar-refractivity contribution in [1.29, 1.82) is 5.41 Å². The monoisotopic (exact) mass is 279 g/mol. The molecule has 0 heterocycles. The highest BCUT2D eigenvalue weighted by atomic mass is 35.5. The molecule has 1 aliphatic rings. The summed E-state index contributed by atoms with van der Waals surface area (Å²) < 4.78 is 0. The number of nitrogens with zero attached hydrogens (tertiary/aromatic N) is 1. The molecule has 0 aromatic heterocycles. The van der Waals surface area contributed by atoms with Crippen LogP contribution < -0.4 is 10.6 Å². The molecule has 19 heavy (non-hydrogen) atoms. The first-order chi connectivity index (χ1) is 8.99. The van der Waals surface area contributed by atoms with Crippen LogP contribution in [-0.2, 0) is 0 Å². The summed E-state index contributed by atoms with van der Waals surface area (Å²) in [6.45, 7) is 2.31. The van der Waals surface area contributed by atoms with Gasteiger partial charge in [-0.25, -0.2) is 0 Å². The van der Waals surface area contributed by atoms with Crippen molar-refractivity contribution in [3.8, 4) is 0 Å². The third-order valence-corrected chi connectivity index (χ3v) is 4.32. The molecule has 3 nitrogen and oxygen atoms in total. The van der Waals surface area contributed by atoms with Crippen molar-refractivity contribution >= 4 is 23.1 Å². The van der Waals surface area contributed by atoms with Gasteiger partial charge >= 0.3 is 0 Å². The summed E-state index contributed by atoms with van der Waals surface area (Å²) in [4.78, 5) is 2.27. The number of anilines is 1. The molecule has 0 aliphatic heterocycles. The van der Waals surface area contributed by atoms with E-state index in [9.17, 15) is 0 Å². The second-order valence-corrected chi connectivity index (χ2v) is 6.05. The maximum atomic E-state index is 7.71. The van der Waals surface area contributed by atoms with E-state index in [0.717, 1.165) is 17.2 Å². The van der Waals surface area contributed by atoms with Gasteiger partial charge in [-0.05, 0) is 37.0 Å². The number of benzene rings is 1. The smallest absolute Gasteiger partial charge is 0.124 e. The maximum Gasteiger partial charge on any atom is 0.124 e. The van der Waals surface area contributed by atoms with Gasteiger partial charge in [-0.3, -0.25) is 5.41 Å². The highest BCUT2D eigenvalue weighted by molar-refractivity contribution is 6.31. The molecule has 2 unspecified atom stereocenters. The van der Waals surface area contributed by atoms with E-state index in [1.54, 1.807) is 6.07 Å². The van der Waals surface area contributed by atoms with Gasteiger partial charge in [-0.2, -0.15) is 0 Å². The van der Waals surface area contributed by atoms with Crippen molar-refractivity contribution in [3.63, 3.8) is 0 Å². The molecule has 2 atom stereocenters. The van der Waals surface area contributed by atoms with Crippen LogP contribution in [0.3, 0.4) is 0 Å². The molecule has 1 aromatic carbocycles. The predicted octanol–water partition coefficient (Wildman–Crippen LogP) is 3.64. The molecule has 0 spiro atoms. The highest BCUT2D eigenvalue weighted by Crippen LogP contribution is 2.32. The minimum absolute atomic E-state index is 0.0770. The Hall–Kier alpha value is -1.22. The van der Waals surface area contributed by atoms with E-state index in [4.69, 9.17) is 22.7 Å².